The molecular formula is C27H37N4O. The number of nitrogens with one attached hydrogen (secondary N) is 1. The fourth-order valence-electron chi connectivity index (χ4n) is 5.59. The van der Waals surface area contributed by atoms with Crippen molar-refractivity contribution >= 4 is 5.91 Å². The van der Waals surface area contributed by atoms with E-state index >= 15 is 0 Å². The minimum Gasteiger partial charge on any atom is -0.369 e. The van der Waals surface area contributed by atoms with Crippen molar-refractivity contribution < 1.29 is 4.79 Å². The first kappa shape index (κ1) is 21.7. The van der Waals surface area contributed by atoms with Gasteiger partial charge in [-0.2, -0.15) is 0 Å². The topological polar surface area (TPSA) is 38.8 Å². The molecule has 5 nitrogen and oxygen atoms in total. The number of benzene rings is 1. The van der Waals surface area contributed by atoms with Crippen molar-refractivity contribution in [3.05, 3.63) is 59.3 Å². The summed E-state index contributed by atoms with van der Waals surface area (Å²) in [6, 6.07) is 8.21. The van der Waals surface area contributed by atoms with Crippen LogP contribution in [-0.2, 0) is 5.41 Å². The van der Waals surface area contributed by atoms with E-state index in [4.69, 9.17) is 0 Å². The highest BCUT2D eigenvalue weighted by Gasteiger charge is 2.56. The quantitative estimate of drug-likeness (QED) is 0.792. The van der Waals surface area contributed by atoms with Crippen LogP contribution in [0, 0.1) is 23.8 Å². The Labute approximate surface area is 193 Å². The number of likely N-dealkylation sites (tertiary alicyclic amines) is 1. The second-order valence-corrected chi connectivity index (χ2v) is 11.1. The number of amides is 1. The van der Waals surface area contributed by atoms with Gasteiger partial charge in [-0.05, 0) is 60.4 Å². The molecule has 1 radical (unpaired) electrons. The van der Waals surface area contributed by atoms with Crippen LogP contribution in [0.3, 0.4) is 0 Å². The van der Waals surface area contributed by atoms with Gasteiger partial charge in [0.25, 0.3) is 5.91 Å². The van der Waals surface area contributed by atoms with Gasteiger partial charge in [-0.3, -0.25) is 9.69 Å². The van der Waals surface area contributed by atoms with Crippen LogP contribution >= 0.6 is 0 Å². The lowest BCUT2D eigenvalue weighted by atomic mass is 9.86. The van der Waals surface area contributed by atoms with Gasteiger partial charge < -0.3 is 15.1 Å². The number of fused-ring (bicyclic) bond motifs is 1. The SMILES string of the molecule is CN1CCN(C2C=C[C]=C(CC3C4CN(C(=O)c5ccc(C(C)(C)C)cc5)CC34)N2)CC1. The van der Waals surface area contributed by atoms with E-state index in [1.165, 1.54) is 11.3 Å². The van der Waals surface area contributed by atoms with Gasteiger partial charge in [0.1, 0.15) is 0 Å². The molecule has 3 heterocycles. The molecule has 3 atom stereocenters. The van der Waals surface area contributed by atoms with Gasteiger partial charge in [-0.15, -0.1) is 0 Å². The van der Waals surface area contributed by atoms with Crippen LogP contribution in [0.25, 0.3) is 0 Å². The number of piperazine rings is 1. The largest absolute Gasteiger partial charge is 0.369 e. The Balaban J connectivity index is 1.11. The summed E-state index contributed by atoms with van der Waals surface area (Å²) in [4.78, 5) is 20.0. The van der Waals surface area contributed by atoms with E-state index < -0.39 is 0 Å². The Morgan fingerprint density at radius 1 is 1.06 bits per heavy atom. The number of carbonyl (C=O) groups is 1. The number of allylic oxidation sites excluding steroid dienone is 3. The van der Waals surface area contributed by atoms with E-state index in [2.05, 4.69) is 78.2 Å². The summed E-state index contributed by atoms with van der Waals surface area (Å²) in [5, 5.41) is 3.72. The first-order valence-corrected chi connectivity index (χ1v) is 12.2. The number of piperidine rings is 1. The summed E-state index contributed by atoms with van der Waals surface area (Å²) in [7, 11) is 2.20. The third-order valence-electron chi connectivity index (χ3n) is 7.89. The van der Waals surface area contributed by atoms with Crippen molar-refractivity contribution in [3.63, 3.8) is 0 Å². The summed E-state index contributed by atoms with van der Waals surface area (Å²) in [5.74, 6) is 2.18. The fraction of sp³-hybridized carbons (Fsp3) is 0.593. The monoisotopic (exact) mass is 433 g/mol. The highest BCUT2D eigenvalue weighted by atomic mass is 16.2. The molecule has 0 aromatic heterocycles. The molecule has 0 spiro atoms. The minimum atomic E-state index is 0.113. The third kappa shape index (κ3) is 4.38. The van der Waals surface area contributed by atoms with E-state index in [1.54, 1.807) is 0 Å². The van der Waals surface area contributed by atoms with Crippen molar-refractivity contribution in [2.45, 2.75) is 38.8 Å². The van der Waals surface area contributed by atoms with Crippen LogP contribution in [-0.4, -0.2) is 73.1 Å². The van der Waals surface area contributed by atoms with Crippen LogP contribution in [0.4, 0.5) is 0 Å². The first-order valence-electron chi connectivity index (χ1n) is 12.2. The summed E-state index contributed by atoms with van der Waals surface area (Å²) < 4.78 is 0. The first-order chi connectivity index (χ1) is 15.3. The molecular weight excluding hydrogens is 396 g/mol. The van der Waals surface area contributed by atoms with Gasteiger partial charge in [-0.1, -0.05) is 39.0 Å². The van der Waals surface area contributed by atoms with Crippen LogP contribution in [0.5, 0.6) is 0 Å². The van der Waals surface area contributed by atoms with Gasteiger partial charge >= 0.3 is 0 Å². The molecule has 2 saturated heterocycles. The number of rotatable bonds is 4. The number of likely N-dealkylation sites (N-methyl/N-ethyl adjacent to an activating group) is 1. The maximum Gasteiger partial charge on any atom is 0.253 e. The predicted molar refractivity (Wildman–Crippen MR) is 128 cm³/mol. The Morgan fingerprint density at radius 3 is 2.34 bits per heavy atom. The summed E-state index contributed by atoms with van der Waals surface area (Å²) in [5.41, 5.74) is 3.45. The Hall–Kier alpha value is -2.11. The summed E-state index contributed by atoms with van der Waals surface area (Å²) in [6.07, 6.45) is 9.13. The predicted octanol–water partition coefficient (Wildman–Crippen LogP) is 3.11. The van der Waals surface area contributed by atoms with Gasteiger partial charge in [0.05, 0.1) is 6.17 Å². The molecule has 5 heteroatoms. The molecule has 1 saturated carbocycles. The zero-order valence-corrected chi connectivity index (χ0v) is 20.0. The number of hydrogen-bond acceptors (Lipinski definition) is 4. The highest BCUT2D eigenvalue weighted by molar-refractivity contribution is 5.94. The van der Waals surface area contributed by atoms with Crippen molar-refractivity contribution in [2.75, 3.05) is 46.3 Å². The Bertz CT molecular complexity index is 893. The molecule has 3 aliphatic heterocycles. The smallest absolute Gasteiger partial charge is 0.253 e. The van der Waals surface area contributed by atoms with Crippen LogP contribution in [0.1, 0.15) is 43.1 Å². The molecule has 3 unspecified atom stereocenters. The van der Waals surface area contributed by atoms with Gasteiger partial charge in [0.15, 0.2) is 0 Å². The van der Waals surface area contributed by atoms with E-state index in [-0.39, 0.29) is 11.3 Å². The molecule has 0 bridgehead atoms. The maximum atomic E-state index is 13.0. The van der Waals surface area contributed by atoms with Crippen molar-refractivity contribution in [2.24, 2.45) is 17.8 Å². The fourth-order valence-corrected chi connectivity index (χ4v) is 5.59. The zero-order chi connectivity index (χ0) is 22.5. The second-order valence-electron chi connectivity index (χ2n) is 11.1. The zero-order valence-electron chi connectivity index (χ0n) is 20.0. The molecule has 5 rings (SSSR count). The normalized spacial score (nSPS) is 30.6. The number of hydrogen-bond donors (Lipinski definition) is 1. The van der Waals surface area contributed by atoms with E-state index in [0.717, 1.165) is 51.3 Å². The van der Waals surface area contributed by atoms with Crippen LogP contribution < -0.4 is 5.32 Å². The van der Waals surface area contributed by atoms with Gasteiger partial charge in [0.2, 0.25) is 0 Å². The molecule has 1 aromatic rings. The van der Waals surface area contributed by atoms with E-state index in [9.17, 15) is 4.79 Å². The lowest BCUT2D eigenvalue weighted by Gasteiger charge is -2.38. The molecule has 171 valence electrons. The van der Waals surface area contributed by atoms with Crippen LogP contribution in [0.15, 0.2) is 42.1 Å². The minimum absolute atomic E-state index is 0.113. The lowest BCUT2D eigenvalue weighted by molar-refractivity contribution is 0.0767. The lowest BCUT2D eigenvalue weighted by Crippen LogP contribution is -2.53. The molecule has 1 aliphatic carbocycles. The van der Waals surface area contributed by atoms with Crippen LogP contribution in [0.2, 0.25) is 0 Å². The summed E-state index contributed by atoms with van der Waals surface area (Å²) in [6.45, 7) is 12.9. The molecule has 3 fully saturated rings. The van der Waals surface area contributed by atoms with E-state index in [1.807, 2.05) is 12.1 Å². The Kier molecular flexibility index (Phi) is 5.67. The van der Waals surface area contributed by atoms with Crippen molar-refractivity contribution in [1.29, 1.82) is 0 Å². The molecule has 1 amide bonds. The summed E-state index contributed by atoms with van der Waals surface area (Å²) >= 11 is 0. The number of nitrogens with zero attached hydrogens (tertiary/aromatic N) is 3. The maximum absolute atomic E-state index is 13.0. The van der Waals surface area contributed by atoms with Gasteiger partial charge in [-0.25, -0.2) is 0 Å². The Morgan fingerprint density at radius 2 is 1.72 bits per heavy atom. The molecule has 4 aliphatic rings. The molecule has 32 heavy (non-hydrogen) atoms. The average molecular weight is 434 g/mol. The van der Waals surface area contributed by atoms with Crippen molar-refractivity contribution in [3.8, 4) is 0 Å². The second kappa shape index (κ2) is 8.35. The number of carbonyl (C=O) groups excluding carboxylic acids is 1. The van der Waals surface area contributed by atoms with Crippen molar-refractivity contribution in [1.82, 2.24) is 20.0 Å². The molecule has 1 N–H and O–H groups in total. The third-order valence-corrected chi connectivity index (χ3v) is 7.89. The average Bonchev–Trinajstić information content (AvgIpc) is 3.21. The van der Waals surface area contributed by atoms with E-state index in [0.29, 0.717) is 23.9 Å². The number of dihydropyridines is 1. The molecule has 1 aromatic carbocycles. The highest BCUT2D eigenvalue weighted by Crippen LogP contribution is 2.54. The standard InChI is InChI=1S/C27H37N4O/c1-27(2,3)20-10-8-19(9-11-20)26(32)31-17-23-22(24(23)18-31)16-21-6-5-7-25(28-21)30-14-12-29(4)13-15-30/h5,7-11,22-25,28H,12-18H2,1-4H3. The van der Waals surface area contributed by atoms with Gasteiger partial charge in [0, 0.05) is 56.6 Å².